The Morgan fingerprint density at radius 1 is 0.900 bits per heavy atom. The molecule has 3 aromatic carbocycles. The van der Waals surface area contributed by atoms with Crippen LogP contribution >= 0.6 is 0 Å². The summed E-state index contributed by atoms with van der Waals surface area (Å²) >= 11 is 0. The number of aryl methyl sites for hydroxylation is 2. The van der Waals surface area contributed by atoms with Gasteiger partial charge in [-0.25, -0.2) is 4.39 Å². The zero-order valence-corrected chi connectivity index (χ0v) is 17.7. The van der Waals surface area contributed by atoms with Crippen LogP contribution in [0.2, 0.25) is 0 Å². The van der Waals surface area contributed by atoms with Crippen molar-refractivity contribution in [1.29, 1.82) is 0 Å². The van der Waals surface area contributed by atoms with Crippen molar-refractivity contribution in [3.8, 4) is 16.9 Å². The maximum absolute atomic E-state index is 13.2. The van der Waals surface area contributed by atoms with Crippen LogP contribution < -0.4 is 4.74 Å². The number of halogens is 1. The summed E-state index contributed by atoms with van der Waals surface area (Å²) in [5, 5.41) is 0. The Morgan fingerprint density at radius 2 is 1.63 bits per heavy atom. The average Bonchev–Trinajstić information content (AvgIpc) is 3.19. The van der Waals surface area contributed by atoms with Gasteiger partial charge in [0.05, 0.1) is 6.61 Å². The van der Waals surface area contributed by atoms with Gasteiger partial charge in [0.15, 0.2) is 0 Å². The fourth-order valence-corrected chi connectivity index (χ4v) is 4.40. The molecule has 3 aromatic rings. The van der Waals surface area contributed by atoms with E-state index in [9.17, 15) is 4.39 Å². The second-order valence-corrected chi connectivity index (χ2v) is 8.19. The standard InChI is InChI=1S/C27H30FNO/c1-29-19-6-8-24(29)18-20-30-27-11-5-4-10-26(27)25-9-3-2-7-22(25)15-12-21-13-16-23(28)17-14-21/h2-5,7,9-11,13-14,16-17,24H,6,8,12,15,18-20H2,1H3. The average molecular weight is 404 g/mol. The van der Waals surface area contributed by atoms with E-state index in [0.717, 1.165) is 42.7 Å². The molecule has 0 spiro atoms. The maximum Gasteiger partial charge on any atom is 0.127 e. The summed E-state index contributed by atoms with van der Waals surface area (Å²) < 4.78 is 19.4. The van der Waals surface area contributed by atoms with E-state index in [-0.39, 0.29) is 5.82 Å². The minimum absolute atomic E-state index is 0.186. The second kappa shape index (κ2) is 9.90. The Kier molecular flexibility index (Phi) is 6.81. The lowest BCUT2D eigenvalue weighted by Crippen LogP contribution is -2.26. The molecule has 30 heavy (non-hydrogen) atoms. The Bertz CT molecular complexity index is 953. The summed E-state index contributed by atoms with van der Waals surface area (Å²) in [6, 6.07) is 24.3. The quantitative estimate of drug-likeness (QED) is 0.448. The zero-order valence-electron chi connectivity index (χ0n) is 17.7. The summed E-state index contributed by atoms with van der Waals surface area (Å²) in [6.07, 6.45) is 5.42. The largest absolute Gasteiger partial charge is 0.493 e. The van der Waals surface area contributed by atoms with Gasteiger partial charge < -0.3 is 9.64 Å². The highest BCUT2D eigenvalue weighted by atomic mass is 19.1. The molecule has 1 saturated heterocycles. The van der Waals surface area contributed by atoms with Gasteiger partial charge in [-0.3, -0.25) is 0 Å². The Balaban J connectivity index is 1.47. The van der Waals surface area contributed by atoms with Gasteiger partial charge in [-0.2, -0.15) is 0 Å². The van der Waals surface area contributed by atoms with E-state index >= 15 is 0 Å². The Hall–Kier alpha value is -2.65. The number of nitrogens with zero attached hydrogens (tertiary/aromatic N) is 1. The molecule has 1 atom stereocenters. The molecular formula is C27H30FNO. The summed E-state index contributed by atoms with van der Waals surface area (Å²) in [4.78, 5) is 2.44. The summed E-state index contributed by atoms with van der Waals surface area (Å²) in [7, 11) is 2.21. The highest BCUT2D eigenvalue weighted by molar-refractivity contribution is 5.73. The van der Waals surface area contributed by atoms with E-state index < -0.39 is 0 Å². The smallest absolute Gasteiger partial charge is 0.127 e. The topological polar surface area (TPSA) is 12.5 Å². The van der Waals surface area contributed by atoms with Gasteiger partial charge in [-0.15, -0.1) is 0 Å². The normalized spacial score (nSPS) is 16.7. The molecule has 1 heterocycles. The third-order valence-electron chi connectivity index (χ3n) is 6.17. The van der Waals surface area contributed by atoms with Crippen LogP contribution in [0.4, 0.5) is 4.39 Å². The van der Waals surface area contributed by atoms with E-state index in [1.165, 1.54) is 42.6 Å². The van der Waals surface area contributed by atoms with Gasteiger partial charge >= 0.3 is 0 Å². The molecule has 0 radical (unpaired) electrons. The van der Waals surface area contributed by atoms with Crippen LogP contribution in [0.5, 0.6) is 5.75 Å². The van der Waals surface area contributed by atoms with Crippen LogP contribution in [0.15, 0.2) is 72.8 Å². The van der Waals surface area contributed by atoms with Gasteiger partial charge in [-0.05, 0) is 80.6 Å². The molecule has 0 aliphatic carbocycles. The first-order chi connectivity index (χ1) is 14.7. The molecule has 0 bridgehead atoms. The van der Waals surface area contributed by atoms with Crippen molar-refractivity contribution in [2.24, 2.45) is 0 Å². The van der Waals surface area contributed by atoms with E-state index in [4.69, 9.17) is 4.74 Å². The number of rotatable bonds is 8. The van der Waals surface area contributed by atoms with Crippen LogP contribution in [0, 0.1) is 5.82 Å². The Morgan fingerprint density at radius 3 is 2.40 bits per heavy atom. The maximum atomic E-state index is 13.2. The molecule has 0 amide bonds. The number of hydrogen-bond acceptors (Lipinski definition) is 2. The molecule has 0 N–H and O–H groups in total. The van der Waals surface area contributed by atoms with Gasteiger partial charge in [0, 0.05) is 11.6 Å². The van der Waals surface area contributed by atoms with Crippen molar-refractivity contribution in [3.05, 3.63) is 89.7 Å². The molecule has 0 aromatic heterocycles. The fraction of sp³-hybridized carbons (Fsp3) is 0.333. The van der Waals surface area contributed by atoms with Crippen molar-refractivity contribution < 1.29 is 9.13 Å². The van der Waals surface area contributed by atoms with Gasteiger partial charge in [0.2, 0.25) is 0 Å². The molecule has 1 aliphatic rings. The molecule has 1 aliphatic heterocycles. The first-order valence-electron chi connectivity index (χ1n) is 11.0. The highest BCUT2D eigenvalue weighted by Crippen LogP contribution is 2.33. The van der Waals surface area contributed by atoms with Crippen molar-refractivity contribution >= 4 is 0 Å². The first kappa shape index (κ1) is 20.6. The van der Waals surface area contributed by atoms with E-state index in [2.05, 4.69) is 54.4 Å². The van der Waals surface area contributed by atoms with Crippen LogP contribution in [-0.4, -0.2) is 31.1 Å². The third kappa shape index (κ3) is 5.09. The van der Waals surface area contributed by atoms with E-state index in [0.29, 0.717) is 6.04 Å². The third-order valence-corrected chi connectivity index (χ3v) is 6.17. The van der Waals surface area contributed by atoms with Crippen molar-refractivity contribution in [2.75, 3.05) is 20.2 Å². The monoisotopic (exact) mass is 403 g/mol. The predicted molar refractivity (Wildman–Crippen MR) is 121 cm³/mol. The summed E-state index contributed by atoms with van der Waals surface area (Å²) in [6.45, 7) is 1.94. The number of ether oxygens (including phenoxy) is 1. The van der Waals surface area contributed by atoms with Gasteiger partial charge in [-0.1, -0.05) is 54.6 Å². The SMILES string of the molecule is CN1CCCC1CCOc1ccccc1-c1ccccc1CCc1ccc(F)cc1. The molecular weight excluding hydrogens is 373 g/mol. The van der Waals surface area contributed by atoms with Crippen molar-refractivity contribution in [2.45, 2.75) is 38.1 Å². The lowest BCUT2D eigenvalue weighted by Gasteiger charge is -2.20. The lowest BCUT2D eigenvalue weighted by atomic mass is 9.94. The fourth-order valence-electron chi connectivity index (χ4n) is 4.40. The van der Waals surface area contributed by atoms with E-state index in [1.807, 2.05) is 18.2 Å². The molecule has 156 valence electrons. The molecule has 2 nitrogen and oxygen atoms in total. The molecule has 1 unspecified atom stereocenters. The van der Waals surface area contributed by atoms with Crippen LogP contribution in [0.1, 0.15) is 30.4 Å². The van der Waals surface area contributed by atoms with E-state index in [1.54, 1.807) is 0 Å². The predicted octanol–water partition coefficient (Wildman–Crippen LogP) is 6.14. The molecule has 4 rings (SSSR count). The molecule has 0 saturated carbocycles. The van der Waals surface area contributed by atoms with Crippen molar-refractivity contribution in [3.63, 3.8) is 0 Å². The second-order valence-electron chi connectivity index (χ2n) is 8.19. The number of benzene rings is 3. The van der Waals surface area contributed by atoms with Gasteiger partial charge in [0.25, 0.3) is 0 Å². The summed E-state index contributed by atoms with van der Waals surface area (Å²) in [5.41, 5.74) is 4.80. The lowest BCUT2D eigenvalue weighted by molar-refractivity contribution is 0.234. The summed E-state index contributed by atoms with van der Waals surface area (Å²) in [5.74, 6) is 0.765. The molecule has 1 fully saturated rings. The van der Waals surface area contributed by atoms with Crippen LogP contribution in [0.25, 0.3) is 11.1 Å². The number of likely N-dealkylation sites (tertiary alicyclic amines) is 1. The minimum Gasteiger partial charge on any atom is -0.493 e. The van der Waals surface area contributed by atoms with Crippen LogP contribution in [0.3, 0.4) is 0 Å². The first-order valence-corrected chi connectivity index (χ1v) is 11.0. The zero-order chi connectivity index (χ0) is 20.8. The van der Waals surface area contributed by atoms with Crippen molar-refractivity contribution in [1.82, 2.24) is 4.90 Å². The molecule has 3 heteroatoms. The number of hydrogen-bond donors (Lipinski definition) is 0. The Labute approximate surface area is 179 Å². The van der Waals surface area contributed by atoms with Gasteiger partial charge in [0.1, 0.15) is 11.6 Å². The van der Waals surface area contributed by atoms with Crippen LogP contribution in [-0.2, 0) is 12.8 Å². The number of para-hydroxylation sites is 1. The minimum atomic E-state index is -0.186. The highest BCUT2D eigenvalue weighted by Gasteiger charge is 2.20.